The number of carbonyl (C=O) groups is 1. The smallest absolute Gasteiger partial charge is 0.155 e. The van der Waals surface area contributed by atoms with Gasteiger partial charge in [-0.2, -0.15) is 0 Å². The highest BCUT2D eigenvalue weighted by molar-refractivity contribution is 5.89. The molecule has 70 valence electrons. The van der Waals surface area contributed by atoms with Crippen molar-refractivity contribution < 1.29 is 4.79 Å². The van der Waals surface area contributed by atoms with Crippen LogP contribution in [0.4, 0.5) is 0 Å². The number of rotatable bonds is 5. The van der Waals surface area contributed by atoms with Gasteiger partial charge in [-0.25, -0.2) is 4.98 Å². The second-order valence-corrected chi connectivity index (χ2v) is 2.87. The molecule has 0 aliphatic heterocycles. The number of ketones is 1. The number of imidazole rings is 1. The molecule has 0 fully saturated rings. The summed E-state index contributed by atoms with van der Waals surface area (Å²) in [5, 5.41) is 0. The van der Waals surface area contributed by atoms with E-state index in [0.29, 0.717) is 6.42 Å². The van der Waals surface area contributed by atoms with E-state index in [1.807, 2.05) is 17.7 Å². The molecule has 0 radical (unpaired) electrons. The summed E-state index contributed by atoms with van der Waals surface area (Å²) in [5.41, 5.74) is 0. The van der Waals surface area contributed by atoms with Crippen molar-refractivity contribution in [3.63, 3.8) is 0 Å². The normalized spacial score (nSPS) is 10.8. The van der Waals surface area contributed by atoms with Gasteiger partial charge in [-0.15, -0.1) is 0 Å². The summed E-state index contributed by atoms with van der Waals surface area (Å²) >= 11 is 0. The molecular formula is C10H14N2O. The third kappa shape index (κ3) is 3.69. The largest absolute Gasteiger partial charge is 0.337 e. The van der Waals surface area contributed by atoms with Crippen LogP contribution >= 0.6 is 0 Å². The molecule has 0 aliphatic carbocycles. The molecule has 0 saturated carbocycles. The number of hydrogen-bond acceptors (Lipinski definition) is 2. The molecule has 0 amide bonds. The van der Waals surface area contributed by atoms with Gasteiger partial charge in [-0.05, 0) is 19.4 Å². The van der Waals surface area contributed by atoms with Crippen LogP contribution in [0.25, 0.3) is 0 Å². The Bertz CT molecular complexity index is 275. The van der Waals surface area contributed by atoms with Crippen LogP contribution in [0.3, 0.4) is 0 Å². The molecule has 0 bridgehead atoms. The molecule has 13 heavy (non-hydrogen) atoms. The van der Waals surface area contributed by atoms with E-state index < -0.39 is 0 Å². The van der Waals surface area contributed by atoms with Gasteiger partial charge in [0.15, 0.2) is 5.78 Å². The molecule has 0 saturated heterocycles. The maximum Gasteiger partial charge on any atom is 0.155 e. The van der Waals surface area contributed by atoms with Gasteiger partial charge in [0.05, 0.1) is 6.33 Å². The van der Waals surface area contributed by atoms with Crippen LogP contribution in [0.15, 0.2) is 30.9 Å². The summed E-state index contributed by atoms with van der Waals surface area (Å²) in [6.07, 6.45) is 10.3. The zero-order chi connectivity index (χ0) is 9.52. The van der Waals surface area contributed by atoms with E-state index >= 15 is 0 Å². The summed E-state index contributed by atoms with van der Waals surface area (Å²) in [7, 11) is 0. The second-order valence-electron chi connectivity index (χ2n) is 2.87. The number of carbonyl (C=O) groups excluding carboxylic acids is 1. The molecule has 1 rings (SSSR count). The van der Waals surface area contributed by atoms with Crippen LogP contribution in [0.2, 0.25) is 0 Å². The maximum absolute atomic E-state index is 11.1. The first-order valence-corrected chi connectivity index (χ1v) is 4.44. The monoisotopic (exact) mass is 178 g/mol. The molecule has 1 aromatic heterocycles. The lowest BCUT2D eigenvalue weighted by Crippen LogP contribution is -1.98. The molecule has 0 N–H and O–H groups in total. The van der Waals surface area contributed by atoms with Crippen LogP contribution in [-0.4, -0.2) is 15.3 Å². The Morgan fingerprint density at radius 1 is 1.62 bits per heavy atom. The fourth-order valence-electron chi connectivity index (χ4n) is 1.12. The van der Waals surface area contributed by atoms with E-state index in [1.165, 1.54) is 0 Å². The lowest BCUT2D eigenvalue weighted by molar-refractivity contribution is -0.114. The van der Waals surface area contributed by atoms with Gasteiger partial charge in [0, 0.05) is 25.4 Å². The zero-order valence-corrected chi connectivity index (χ0v) is 7.81. The minimum Gasteiger partial charge on any atom is -0.337 e. The molecule has 1 heterocycles. The van der Waals surface area contributed by atoms with Crippen molar-refractivity contribution in [1.82, 2.24) is 9.55 Å². The van der Waals surface area contributed by atoms with Crippen LogP contribution in [0.1, 0.15) is 19.8 Å². The van der Waals surface area contributed by atoms with E-state index in [0.717, 1.165) is 13.0 Å². The Kier molecular flexibility index (Phi) is 3.96. The lowest BCUT2D eigenvalue weighted by Gasteiger charge is -1.98. The highest BCUT2D eigenvalue weighted by Crippen LogP contribution is 1.96. The van der Waals surface area contributed by atoms with E-state index in [2.05, 4.69) is 4.98 Å². The fourth-order valence-corrected chi connectivity index (χ4v) is 1.12. The van der Waals surface area contributed by atoms with Crippen LogP contribution in [-0.2, 0) is 11.3 Å². The van der Waals surface area contributed by atoms with E-state index in [-0.39, 0.29) is 5.78 Å². The van der Waals surface area contributed by atoms with Gasteiger partial charge in [0.2, 0.25) is 0 Å². The molecular weight excluding hydrogens is 164 g/mol. The predicted molar refractivity (Wildman–Crippen MR) is 51.3 cm³/mol. The van der Waals surface area contributed by atoms with Crippen molar-refractivity contribution in [1.29, 1.82) is 0 Å². The van der Waals surface area contributed by atoms with Gasteiger partial charge in [-0.1, -0.05) is 6.08 Å². The third-order valence-corrected chi connectivity index (χ3v) is 1.75. The Hall–Kier alpha value is -1.38. The summed E-state index contributed by atoms with van der Waals surface area (Å²) < 4.78 is 1.98. The van der Waals surface area contributed by atoms with E-state index in [9.17, 15) is 4.79 Å². The molecule has 0 spiro atoms. The van der Waals surface area contributed by atoms with E-state index in [1.54, 1.807) is 24.7 Å². The molecule has 0 aromatic carbocycles. The molecule has 3 nitrogen and oxygen atoms in total. The summed E-state index contributed by atoms with van der Waals surface area (Å²) in [6, 6.07) is 0. The van der Waals surface area contributed by atoms with Crippen molar-refractivity contribution in [3.05, 3.63) is 30.9 Å². The molecule has 3 heteroatoms. The zero-order valence-electron chi connectivity index (χ0n) is 7.81. The quantitative estimate of drug-likeness (QED) is 0.644. The van der Waals surface area contributed by atoms with Gasteiger partial charge in [0.1, 0.15) is 0 Å². The van der Waals surface area contributed by atoms with E-state index in [4.69, 9.17) is 0 Å². The fraction of sp³-hybridized carbons (Fsp3) is 0.400. The first kappa shape index (κ1) is 9.71. The predicted octanol–water partition coefficient (Wildman–Crippen LogP) is 1.81. The average molecular weight is 178 g/mol. The molecule has 0 aliphatic rings. The summed E-state index contributed by atoms with van der Waals surface area (Å²) in [4.78, 5) is 15.0. The topological polar surface area (TPSA) is 34.9 Å². The van der Waals surface area contributed by atoms with Crippen molar-refractivity contribution in [2.24, 2.45) is 0 Å². The Labute approximate surface area is 78.1 Å². The standard InChI is InChI=1S/C10H14N2O/c1-2-4-10(13)5-3-7-12-8-6-11-9-12/h2,4,6,8-9H,3,5,7H2,1H3/b4-2+. The molecule has 0 unspecified atom stereocenters. The van der Waals surface area contributed by atoms with Crippen molar-refractivity contribution in [2.45, 2.75) is 26.3 Å². The highest BCUT2D eigenvalue weighted by Gasteiger charge is 1.96. The number of hydrogen-bond donors (Lipinski definition) is 0. The number of aryl methyl sites for hydroxylation is 1. The van der Waals surface area contributed by atoms with Crippen molar-refractivity contribution in [3.8, 4) is 0 Å². The van der Waals surface area contributed by atoms with Crippen molar-refractivity contribution in [2.75, 3.05) is 0 Å². The molecule has 0 atom stereocenters. The first-order chi connectivity index (χ1) is 6.33. The van der Waals surface area contributed by atoms with Gasteiger partial charge >= 0.3 is 0 Å². The van der Waals surface area contributed by atoms with Crippen LogP contribution in [0, 0.1) is 0 Å². The van der Waals surface area contributed by atoms with Crippen LogP contribution in [0.5, 0.6) is 0 Å². The van der Waals surface area contributed by atoms with Crippen LogP contribution < -0.4 is 0 Å². The molecule has 1 aromatic rings. The van der Waals surface area contributed by atoms with Gasteiger partial charge in [0.25, 0.3) is 0 Å². The second kappa shape index (κ2) is 5.30. The third-order valence-electron chi connectivity index (χ3n) is 1.75. The highest BCUT2D eigenvalue weighted by atomic mass is 16.1. The summed E-state index contributed by atoms with van der Waals surface area (Å²) in [6.45, 7) is 2.72. The Morgan fingerprint density at radius 3 is 3.08 bits per heavy atom. The first-order valence-electron chi connectivity index (χ1n) is 4.44. The minimum absolute atomic E-state index is 0.197. The average Bonchev–Trinajstić information content (AvgIpc) is 2.57. The Balaban J connectivity index is 2.18. The number of nitrogens with zero attached hydrogens (tertiary/aromatic N) is 2. The Morgan fingerprint density at radius 2 is 2.46 bits per heavy atom. The van der Waals surface area contributed by atoms with Gasteiger partial charge < -0.3 is 4.57 Å². The lowest BCUT2D eigenvalue weighted by atomic mass is 10.2. The number of allylic oxidation sites excluding steroid dienone is 2. The maximum atomic E-state index is 11.1. The number of aromatic nitrogens is 2. The minimum atomic E-state index is 0.197. The van der Waals surface area contributed by atoms with Gasteiger partial charge in [-0.3, -0.25) is 4.79 Å². The summed E-state index contributed by atoms with van der Waals surface area (Å²) in [5.74, 6) is 0.197. The van der Waals surface area contributed by atoms with Crippen molar-refractivity contribution >= 4 is 5.78 Å². The SMILES string of the molecule is C/C=C/C(=O)CCCn1ccnc1.